The maximum Gasteiger partial charge on any atom is 0.253 e. The molecule has 19 heavy (non-hydrogen) atoms. The zero-order valence-corrected chi connectivity index (χ0v) is 11.3. The highest BCUT2D eigenvalue weighted by Gasteiger charge is 2.25. The molecule has 1 aliphatic carbocycles. The Balaban J connectivity index is 1.76. The van der Waals surface area contributed by atoms with Crippen LogP contribution in [0.5, 0.6) is 0 Å². The van der Waals surface area contributed by atoms with Crippen LogP contribution < -0.4 is 5.32 Å². The van der Waals surface area contributed by atoms with Crippen molar-refractivity contribution in [2.45, 2.75) is 38.6 Å². The first kappa shape index (κ1) is 12.3. The molecule has 1 saturated carbocycles. The number of carbonyl (C=O) groups is 1. The minimum atomic E-state index is 0.0422. The largest absolute Gasteiger partial charge is 0.361 e. The molecule has 0 spiro atoms. The number of nitrogens with one attached hydrogen (secondary N) is 2. The molecule has 1 fully saturated rings. The second-order valence-electron chi connectivity index (χ2n) is 5.51. The third kappa shape index (κ3) is 2.65. The van der Waals surface area contributed by atoms with Gasteiger partial charge in [-0.05, 0) is 30.9 Å². The number of hydrogen-bond donors (Lipinski definition) is 2. The molecular formula is C16H20N2O. The lowest BCUT2D eigenvalue weighted by Crippen LogP contribution is -2.34. The first-order valence-corrected chi connectivity index (χ1v) is 7.15. The number of aromatic amines is 1. The van der Waals surface area contributed by atoms with Crippen LogP contribution in [0.1, 0.15) is 43.0 Å². The number of fused-ring (bicyclic) bond motifs is 1. The van der Waals surface area contributed by atoms with Crippen LogP contribution in [0, 0.1) is 5.92 Å². The predicted octanol–water partition coefficient (Wildman–Crippen LogP) is 3.48. The Morgan fingerprint density at radius 3 is 3.00 bits per heavy atom. The Morgan fingerprint density at radius 1 is 1.42 bits per heavy atom. The summed E-state index contributed by atoms with van der Waals surface area (Å²) in [6.45, 7) is 2.14. The molecule has 1 atom stereocenters. The van der Waals surface area contributed by atoms with E-state index >= 15 is 0 Å². The highest BCUT2D eigenvalue weighted by atomic mass is 16.1. The molecule has 1 aliphatic rings. The molecule has 2 aromatic rings. The molecule has 0 bridgehead atoms. The number of carbonyl (C=O) groups excluding carboxylic acids is 1. The first-order chi connectivity index (χ1) is 9.28. The van der Waals surface area contributed by atoms with Gasteiger partial charge in [0.05, 0.1) is 11.1 Å². The smallest absolute Gasteiger partial charge is 0.253 e. The van der Waals surface area contributed by atoms with Crippen molar-refractivity contribution in [1.29, 1.82) is 0 Å². The minimum absolute atomic E-state index is 0.0422. The summed E-state index contributed by atoms with van der Waals surface area (Å²) in [6.07, 6.45) is 6.67. The molecule has 1 heterocycles. The van der Waals surface area contributed by atoms with Gasteiger partial charge < -0.3 is 10.3 Å². The van der Waals surface area contributed by atoms with Crippen LogP contribution in [-0.4, -0.2) is 16.9 Å². The second-order valence-corrected chi connectivity index (χ2v) is 5.51. The molecule has 3 heteroatoms. The summed E-state index contributed by atoms with van der Waals surface area (Å²) in [5, 5.41) is 4.26. The van der Waals surface area contributed by atoms with Crippen LogP contribution in [0.3, 0.4) is 0 Å². The highest BCUT2D eigenvalue weighted by molar-refractivity contribution is 6.05. The van der Waals surface area contributed by atoms with E-state index < -0.39 is 0 Å². The van der Waals surface area contributed by atoms with E-state index in [4.69, 9.17) is 0 Å². The van der Waals surface area contributed by atoms with Crippen molar-refractivity contribution in [2.75, 3.05) is 0 Å². The summed E-state index contributed by atoms with van der Waals surface area (Å²) >= 11 is 0. The molecule has 1 unspecified atom stereocenters. The number of amides is 1. The summed E-state index contributed by atoms with van der Waals surface area (Å²) in [5.41, 5.74) is 1.68. The molecule has 1 aromatic heterocycles. The van der Waals surface area contributed by atoms with Gasteiger partial charge in [-0.3, -0.25) is 4.79 Å². The van der Waals surface area contributed by atoms with Gasteiger partial charge in [-0.15, -0.1) is 0 Å². The normalized spacial score (nSPS) is 16.5. The van der Waals surface area contributed by atoms with E-state index in [9.17, 15) is 4.79 Å². The molecule has 0 aliphatic heterocycles. The minimum Gasteiger partial charge on any atom is -0.361 e. The summed E-state index contributed by atoms with van der Waals surface area (Å²) in [7, 11) is 0. The molecule has 0 saturated heterocycles. The lowest BCUT2D eigenvalue weighted by atomic mass is 10.1. The van der Waals surface area contributed by atoms with Gasteiger partial charge in [0.25, 0.3) is 5.91 Å². The van der Waals surface area contributed by atoms with Crippen molar-refractivity contribution in [1.82, 2.24) is 10.3 Å². The van der Waals surface area contributed by atoms with Gasteiger partial charge in [0, 0.05) is 17.6 Å². The average molecular weight is 256 g/mol. The number of benzene rings is 1. The molecule has 2 N–H and O–H groups in total. The molecular weight excluding hydrogens is 236 g/mol. The summed E-state index contributed by atoms with van der Waals surface area (Å²) < 4.78 is 0. The predicted molar refractivity (Wildman–Crippen MR) is 77.2 cm³/mol. The zero-order valence-electron chi connectivity index (χ0n) is 11.3. The maximum absolute atomic E-state index is 12.4. The molecule has 3 rings (SSSR count). The third-order valence-corrected chi connectivity index (χ3v) is 3.97. The topological polar surface area (TPSA) is 44.9 Å². The van der Waals surface area contributed by atoms with Gasteiger partial charge in [-0.2, -0.15) is 0 Å². The number of hydrogen-bond acceptors (Lipinski definition) is 1. The number of para-hydroxylation sites is 1. The van der Waals surface area contributed by atoms with Crippen molar-refractivity contribution in [3.63, 3.8) is 0 Å². The lowest BCUT2D eigenvalue weighted by Gasteiger charge is -2.17. The molecule has 1 amide bonds. The standard InChI is InChI=1S/C16H20N2O/c1-2-13(10-11-6-7-11)18-16(19)14-5-3-4-12-8-9-17-15(12)14/h3-5,8-9,11,13,17H,2,6-7,10H2,1H3,(H,18,19). The molecule has 1 aromatic carbocycles. The monoisotopic (exact) mass is 256 g/mol. The van der Waals surface area contributed by atoms with Crippen LogP contribution in [-0.2, 0) is 0 Å². The van der Waals surface area contributed by atoms with E-state index in [1.807, 2.05) is 30.5 Å². The lowest BCUT2D eigenvalue weighted by molar-refractivity contribution is 0.0934. The van der Waals surface area contributed by atoms with Crippen LogP contribution >= 0.6 is 0 Å². The fourth-order valence-corrected chi connectivity index (χ4v) is 2.62. The van der Waals surface area contributed by atoms with E-state index in [0.29, 0.717) is 6.04 Å². The summed E-state index contributed by atoms with van der Waals surface area (Å²) in [6, 6.07) is 8.15. The van der Waals surface area contributed by atoms with E-state index in [0.717, 1.165) is 35.2 Å². The SMILES string of the molecule is CCC(CC1CC1)NC(=O)c1cccc2cc[nH]c12. The molecule has 0 radical (unpaired) electrons. The third-order valence-electron chi connectivity index (χ3n) is 3.97. The quantitative estimate of drug-likeness (QED) is 0.845. The first-order valence-electron chi connectivity index (χ1n) is 7.15. The van der Waals surface area contributed by atoms with E-state index in [1.165, 1.54) is 12.8 Å². The van der Waals surface area contributed by atoms with E-state index in [-0.39, 0.29) is 5.91 Å². The molecule has 3 nitrogen and oxygen atoms in total. The van der Waals surface area contributed by atoms with Gasteiger partial charge in [-0.1, -0.05) is 31.9 Å². The van der Waals surface area contributed by atoms with Gasteiger partial charge in [0.1, 0.15) is 0 Å². The van der Waals surface area contributed by atoms with Crippen LogP contribution in [0.15, 0.2) is 30.5 Å². The summed E-state index contributed by atoms with van der Waals surface area (Å²) in [5.74, 6) is 0.882. The second kappa shape index (κ2) is 5.08. The Bertz CT molecular complexity index is 583. The van der Waals surface area contributed by atoms with Gasteiger partial charge in [0.15, 0.2) is 0 Å². The van der Waals surface area contributed by atoms with Crippen molar-refractivity contribution >= 4 is 16.8 Å². The van der Waals surface area contributed by atoms with Gasteiger partial charge in [0.2, 0.25) is 0 Å². The van der Waals surface area contributed by atoms with E-state index in [1.54, 1.807) is 0 Å². The Labute approximate surface area is 113 Å². The van der Waals surface area contributed by atoms with Crippen LogP contribution in [0.2, 0.25) is 0 Å². The van der Waals surface area contributed by atoms with Crippen LogP contribution in [0.25, 0.3) is 10.9 Å². The Morgan fingerprint density at radius 2 is 2.26 bits per heavy atom. The van der Waals surface area contributed by atoms with Crippen molar-refractivity contribution < 1.29 is 4.79 Å². The Kier molecular flexibility index (Phi) is 3.28. The molecule has 100 valence electrons. The van der Waals surface area contributed by atoms with Gasteiger partial charge in [-0.25, -0.2) is 0 Å². The van der Waals surface area contributed by atoms with Crippen molar-refractivity contribution in [3.05, 3.63) is 36.0 Å². The average Bonchev–Trinajstić information content (AvgIpc) is 3.10. The zero-order chi connectivity index (χ0) is 13.2. The number of aromatic nitrogens is 1. The summed E-state index contributed by atoms with van der Waals surface area (Å²) in [4.78, 5) is 15.5. The van der Waals surface area contributed by atoms with Crippen LogP contribution in [0.4, 0.5) is 0 Å². The highest BCUT2D eigenvalue weighted by Crippen LogP contribution is 2.34. The number of rotatable bonds is 5. The van der Waals surface area contributed by atoms with Crippen molar-refractivity contribution in [2.24, 2.45) is 5.92 Å². The fraction of sp³-hybridized carbons (Fsp3) is 0.438. The maximum atomic E-state index is 12.4. The van der Waals surface area contributed by atoms with E-state index in [2.05, 4.69) is 17.2 Å². The number of H-pyrrole nitrogens is 1. The fourth-order valence-electron chi connectivity index (χ4n) is 2.62. The van der Waals surface area contributed by atoms with Gasteiger partial charge >= 0.3 is 0 Å². The Hall–Kier alpha value is -1.77. The van der Waals surface area contributed by atoms with Crippen molar-refractivity contribution in [3.8, 4) is 0 Å².